The van der Waals surface area contributed by atoms with Gasteiger partial charge in [0.1, 0.15) is 6.54 Å². The topological polar surface area (TPSA) is 94.9 Å². The highest BCUT2D eigenvalue weighted by Gasteiger charge is 2.18. The second kappa shape index (κ2) is 8.36. The van der Waals surface area contributed by atoms with Gasteiger partial charge in [0.2, 0.25) is 5.91 Å². The van der Waals surface area contributed by atoms with Crippen molar-refractivity contribution in [2.24, 2.45) is 5.11 Å². The van der Waals surface area contributed by atoms with E-state index in [9.17, 15) is 9.59 Å². The summed E-state index contributed by atoms with van der Waals surface area (Å²) in [6, 6.07) is 17.7. The third-order valence-electron chi connectivity index (χ3n) is 3.30. The van der Waals surface area contributed by atoms with Crippen LogP contribution >= 0.6 is 0 Å². The number of azide groups is 1. The van der Waals surface area contributed by atoms with Crippen molar-refractivity contribution in [2.75, 3.05) is 6.54 Å². The minimum Gasteiger partial charge on any atom is -0.349 e. The maximum atomic E-state index is 12.4. The molecule has 2 aromatic rings. The Bertz CT molecular complexity index is 710. The first-order chi connectivity index (χ1) is 11.2. The van der Waals surface area contributed by atoms with Crippen molar-refractivity contribution in [3.8, 4) is 0 Å². The number of ketones is 1. The molecule has 23 heavy (non-hydrogen) atoms. The van der Waals surface area contributed by atoms with Gasteiger partial charge >= 0.3 is 0 Å². The lowest BCUT2D eigenvalue weighted by molar-refractivity contribution is -0.120. The first kappa shape index (κ1) is 16.3. The van der Waals surface area contributed by atoms with Crippen LogP contribution in [0.1, 0.15) is 28.4 Å². The first-order valence-electron chi connectivity index (χ1n) is 7.14. The smallest absolute Gasteiger partial charge is 0.226 e. The number of benzene rings is 2. The summed E-state index contributed by atoms with van der Waals surface area (Å²) in [4.78, 5) is 26.8. The molecule has 6 nitrogen and oxygen atoms in total. The second-order valence-electron chi connectivity index (χ2n) is 4.91. The molecule has 0 saturated carbocycles. The van der Waals surface area contributed by atoms with E-state index < -0.39 is 11.9 Å². The number of nitrogens with zero attached hydrogens (tertiary/aromatic N) is 3. The van der Waals surface area contributed by atoms with E-state index in [1.165, 1.54) is 0 Å². The van der Waals surface area contributed by atoms with Gasteiger partial charge in [-0.1, -0.05) is 65.8 Å². The number of nitrogens with one attached hydrogen (secondary N) is 1. The van der Waals surface area contributed by atoms with E-state index in [-0.39, 0.29) is 18.7 Å². The number of carbonyl (C=O) groups is 2. The van der Waals surface area contributed by atoms with Crippen LogP contribution in [-0.4, -0.2) is 18.2 Å². The van der Waals surface area contributed by atoms with Gasteiger partial charge in [0.15, 0.2) is 5.78 Å². The van der Waals surface area contributed by atoms with Gasteiger partial charge in [0, 0.05) is 16.9 Å². The van der Waals surface area contributed by atoms with Crippen LogP contribution in [0.2, 0.25) is 0 Å². The molecular weight excluding hydrogens is 292 g/mol. The van der Waals surface area contributed by atoms with E-state index in [1.54, 1.807) is 24.3 Å². The van der Waals surface area contributed by atoms with Crippen molar-refractivity contribution >= 4 is 11.7 Å². The lowest BCUT2D eigenvalue weighted by Gasteiger charge is -2.18. The maximum Gasteiger partial charge on any atom is 0.226 e. The molecule has 0 saturated heterocycles. The van der Waals surface area contributed by atoms with E-state index >= 15 is 0 Å². The molecule has 0 aliphatic rings. The zero-order valence-electron chi connectivity index (χ0n) is 12.4. The van der Waals surface area contributed by atoms with Crippen LogP contribution in [-0.2, 0) is 4.79 Å². The molecule has 6 heteroatoms. The Morgan fingerprint density at radius 2 is 1.65 bits per heavy atom. The summed E-state index contributed by atoms with van der Waals surface area (Å²) in [6.45, 7) is -0.292. The lowest BCUT2D eigenvalue weighted by Crippen LogP contribution is -2.31. The fraction of sp³-hybridized carbons (Fsp3) is 0.176. The molecule has 0 bridgehead atoms. The van der Waals surface area contributed by atoms with Gasteiger partial charge in [0.25, 0.3) is 0 Å². The molecule has 1 N–H and O–H groups in total. The molecule has 0 aliphatic carbocycles. The van der Waals surface area contributed by atoms with E-state index in [1.807, 2.05) is 36.4 Å². The summed E-state index contributed by atoms with van der Waals surface area (Å²) in [6.07, 6.45) is 0.135. The monoisotopic (exact) mass is 308 g/mol. The molecule has 0 unspecified atom stereocenters. The van der Waals surface area contributed by atoms with Gasteiger partial charge in [-0.2, -0.15) is 0 Å². The summed E-state index contributed by atoms with van der Waals surface area (Å²) in [5.74, 6) is -0.485. The van der Waals surface area contributed by atoms with Crippen molar-refractivity contribution in [3.05, 3.63) is 82.2 Å². The van der Waals surface area contributed by atoms with E-state index in [2.05, 4.69) is 15.3 Å². The average Bonchev–Trinajstić information content (AvgIpc) is 2.61. The lowest BCUT2D eigenvalue weighted by atomic mass is 9.98. The molecule has 0 heterocycles. The molecule has 0 radical (unpaired) electrons. The summed E-state index contributed by atoms with van der Waals surface area (Å²) in [5.41, 5.74) is 9.70. The zero-order valence-corrected chi connectivity index (χ0v) is 12.4. The standard InChI is InChI=1S/C17H16N4O2/c18-21-19-12-17(23)20-15(13-7-3-1-4-8-13)11-16(22)14-9-5-2-6-10-14/h1-10,15H,11-12H2,(H,20,23)/t15-/m0/s1. The molecule has 1 atom stereocenters. The number of rotatable bonds is 7. The molecule has 2 rings (SSSR count). The maximum absolute atomic E-state index is 12.4. The average molecular weight is 308 g/mol. The van der Waals surface area contributed by atoms with E-state index in [0.717, 1.165) is 5.56 Å². The van der Waals surface area contributed by atoms with Gasteiger partial charge in [0.05, 0.1) is 6.04 Å². The largest absolute Gasteiger partial charge is 0.349 e. The van der Waals surface area contributed by atoms with Gasteiger partial charge in [-0.05, 0) is 11.1 Å². The molecule has 116 valence electrons. The Morgan fingerprint density at radius 1 is 1.04 bits per heavy atom. The predicted octanol–water partition coefficient (Wildman–Crippen LogP) is 3.43. The van der Waals surface area contributed by atoms with E-state index in [4.69, 9.17) is 5.53 Å². The SMILES string of the molecule is [N-]=[N+]=NCC(=O)N[C@@H](CC(=O)c1ccccc1)c1ccccc1. The summed E-state index contributed by atoms with van der Waals surface area (Å²) < 4.78 is 0. The third-order valence-corrected chi connectivity index (χ3v) is 3.30. The Labute approximate surface area is 133 Å². The Kier molecular flexibility index (Phi) is 5.91. The quantitative estimate of drug-likeness (QED) is 0.367. The first-order valence-corrected chi connectivity index (χ1v) is 7.14. The summed E-state index contributed by atoms with van der Waals surface area (Å²) >= 11 is 0. The van der Waals surface area contributed by atoms with Crippen molar-refractivity contribution in [1.82, 2.24) is 5.32 Å². The number of Topliss-reactive ketones (excluding diaryl/α,β-unsaturated/α-hetero) is 1. The number of carbonyl (C=O) groups excluding carboxylic acids is 2. The molecular formula is C17H16N4O2. The van der Waals surface area contributed by atoms with E-state index in [0.29, 0.717) is 5.56 Å². The van der Waals surface area contributed by atoms with Crippen LogP contribution in [0.25, 0.3) is 10.4 Å². The number of hydrogen-bond donors (Lipinski definition) is 1. The summed E-state index contributed by atoms with van der Waals surface area (Å²) in [7, 11) is 0. The fourth-order valence-electron chi connectivity index (χ4n) is 2.20. The van der Waals surface area contributed by atoms with Crippen LogP contribution in [0.3, 0.4) is 0 Å². The van der Waals surface area contributed by atoms with Crippen LogP contribution in [0, 0.1) is 0 Å². The van der Waals surface area contributed by atoms with Gasteiger partial charge < -0.3 is 5.32 Å². The normalized spacial score (nSPS) is 11.1. The molecule has 0 fully saturated rings. The highest BCUT2D eigenvalue weighted by Crippen LogP contribution is 2.19. The molecule has 0 aromatic heterocycles. The molecule has 2 aromatic carbocycles. The molecule has 1 amide bonds. The Morgan fingerprint density at radius 3 is 2.26 bits per heavy atom. The highest BCUT2D eigenvalue weighted by molar-refractivity contribution is 5.96. The molecule has 0 aliphatic heterocycles. The van der Waals surface area contributed by atoms with Crippen molar-refractivity contribution in [1.29, 1.82) is 0 Å². The van der Waals surface area contributed by atoms with Crippen LogP contribution in [0.5, 0.6) is 0 Å². The Hall–Kier alpha value is -3.11. The minimum atomic E-state index is -0.467. The predicted molar refractivity (Wildman–Crippen MR) is 86.7 cm³/mol. The van der Waals surface area contributed by atoms with Crippen molar-refractivity contribution < 1.29 is 9.59 Å². The van der Waals surface area contributed by atoms with Gasteiger partial charge in [-0.3, -0.25) is 9.59 Å². The summed E-state index contributed by atoms with van der Waals surface area (Å²) in [5, 5.41) is 5.98. The fourth-order valence-corrected chi connectivity index (χ4v) is 2.20. The van der Waals surface area contributed by atoms with Crippen molar-refractivity contribution in [2.45, 2.75) is 12.5 Å². The minimum absolute atomic E-state index is 0.0662. The van der Waals surface area contributed by atoms with Crippen LogP contribution in [0.4, 0.5) is 0 Å². The van der Waals surface area contributed by atoms with Gasteiger partial charge in [-0.15, -0.1) is 0 Å². The van der Waals surface area contributed by atoms with Crippen LogP contribution < -0.4 is 5.32 Å². The van der Waals surface area contributed by atoms with Crippen molar-refractivity contribution in [3.63, 3.8) is 0 Å². The number of amides is 1. The zero-order chi connectivity index (χ0) is 16.5. The van der Waals surface area contributed by atoms with Crippen LogP contribution in [0.15, 0.2) is 65.8 Å². The molecule has 0 spiro atoms. The Balaban J connectivity index is 2.15. The highest BCUT2D eigenvalue weighted by atomic mass is 16.2. The number of hydrogen-bond acceptors (Lipinski definition) is 3. The third kappa shape index (κ3) is 4.98. The second-order valence-corrected chi connectivity index (χ2v) is 4.91. The van der Waals surface area contributed by atoms with Gasteiger partial charge in [-0.25, -0.2) is 0 Å².